The van der Waals surface area contributed by atoms with Crippen LogP contribution in [-0.2, 0) is 0 Å². The minimum absolute atomic E-state index is 0.428. The minimum atomic E-state index is 0.428. The van der Waals surface area contributed by atoms with Crippen molar-refractivity contribution in [1.82, 2.24) is 14.8 Å². The van der Waals surface area contributed by atoms with Gasteiger partial charge >= 0.3 is 0 Å². The van der Waals surface area contributed by atoms with E-state index in [0.717, 1.165) is 34.5 Å². The highest BCUT2D eigenvalue weighted by atomic mass is 32.2. The van der Waals surface area contributed by atoms with Crippen molar-refractivity contribution in [3.8, 4) is 16.8 Å². The molecule has 126 valence electrons. The Kier molecular flexibility index (Phi) is 4.64. The van der Waals surface area contributed by atoms with E-state index in [1.807, 2.05) is 0 Å². The van der Waals surface area contributed by atoms with Gasteiger partial charge in [-0.05, 0) is 55.4 Å². The van der Waals surface area contributed by atoms with Crippen molar-refractivity contribution >= 4 is 23.1 Å². The quantitative estimate of drug-likeness (QED) is 0.538. The van der Waals surface area contributed by atoms with E-state index in [4.69, 9.17) is 5.26 Å². The Balaban J connectivity index is 1.65. The first-order chi connectivity index (χ1) is 11.8. The fourth-order valence-corrected chi connectivity index (χ4v) is 6.15. The normalized spacial score (nSPS) is 26.6. The third-order valence-electron chi connectivity index (χ3n) is 5.67. The SMILES string of the molecule is CC(C1CC2CCC1C2)n1c(SCCC#N)nnc1-c1cccs1. The maximum Gasteiger partial charge on any atom is 0.191 e. The Morgan fingerprint density at radius 2 is 2.33 bits per heavy atom. The number of thiophene rings is 1. The van der Waals surface area contributed by atoms with Crippen LogP contribution in [0.15, 0.2) is 22.7 Å². The van der Waals surface area contributed by atoms with Gasteiger partial charge in [-0.15, -0.1) is 21.5 Å². The maximum absolute atomic E-state index is 8.82. The molecule has 2 aliphatic carbocycles. The largest absolute Gasteiger partial charge is 0.298 e. The molecule has 2 fully saturated rings. The second-order valence-electron chi connectivity index (χ2n) is 6.99. The third kappa shape index (κ3) is 2.89. The maximum atomic E-state index is 8.82. The van der Waals surface area contributed by atoms with Gasteiger partial charge in [0.1, 0.15) is 0 Å². The first-order valence-corrected chi connectivity index (χ1v) is 10.6. The number of nitriles is 1. The van der Waals surface area contributed by atoms with Crippen molar-refractivity contribution in [1.29, 1.82) is 5.26 Å². The van der Waals surface area contributed by atoms with Gasteiger partial charge in [0.2, 0.25) is 0 Å². The van der Waals surface area contributed by atoms with E-state index in [1.54, 1.807) is 23.1 Å². The third-order valence-corrected chi connectivity index (χ3v) is 7.48. The lowest BCUT2D eigenvalue weighted by Gasteiger charge is -2.30. The lowest BCUT2D eigenvalue weighted by atomic mass is 9.84. The molecule has 2 aliphatic rings. The summed E-state index contributed by atoms with van der Waals surface area (Å²) in [6.45, 7) is 2.35. The summed E-state index contributed by atoms with van der Waals surface area (Å²) in [6.07, 6.45) is 6.15. The van der Waals surface area contributed by atoms with Crippen LogP contribution in [-0.4, -0.2) is 20.5 Å². The highest BCUT2D eigenvalue weighted by Crippen LogP contribution is 2.53. The Labute approximate surface area is 151 Å². The van der Waals surface area contributed by atoms with Crippen molar-refractivity contribution in [3.63, 3.8) is 0 Å². The molecule has 2 aromatic rings. The Morgan fingerprint density at radius 3 is 3.00 bits per heavy atom. The number of nitrogens with zero attached hydrogens (tertiary/aromatic N) is 4. The van der Waals surface area contributed by atoms with Crippen molar-refractivity contribution < 1.29 is 0 Å². The van der Waals surface area contributed by atoms with Crippen LogP contribution < -0.4 is 0 Å². The summed E-state index contributed by atoms with van der Waals surface area (Å²) >= 11 is 3.39. The molecule has 2 saturated carbocycles. The molecule has 0 radical (unpaired) electrons. The van der Waals surface area contributed by atoms with E-state index in [1.165, 1.54) is 30.6 Å². The molecule has 0 aromatic carbocycles. The molecule has 2 bridgehead atoms. The number of aromatic nitrogens is 3. The highest BCUT2D eigenvalue weighted by Gasteiger charge is 2.43. The van der Waals surface area contributed by atoms with Gasteiger partial charge in [-0.1, -0.05) is 24.2 Å². The minimum Gasteiger partial charge on any atom is -0.298 e. The fourth-order valence-electron chi connectivity index (χ4n) is 4.58. The molecule has 2 heterocycles. The average Bonchev–Trinajstić information content (AvgIpc) is 3.36. The second kappa shape index (κ2) is 6.89. The van der Waals surface area contributed by atoms with Gasteiger partial charge in [0, 0.05) is 18.2 Å². The summed E-state index contributed by atoms with van der Waals surface area (Å²) in [5.41, 5.74) is 0. The van der Waals surface area contributed by atoms with E-state index >= 15 is 0 Å². The van der Waals surface area contributed by atoms with Crippen LogP contribution in [0.4, 0.5) is 0 Å². The molecule has 6 heteroatoms. The number of hydrogen-bond donors (Lipinski definition) is 0. The van der Waals surface area contributed by atoms with Gasteiger partial charge in [-0.2, -0.15) is 5.26 Å². The molecule has 4 atom stereocenters. The zero-order valence-electron chi connectivity index (χ0n) is 13.9. The van der Waals surface area contributed by atoms with Crippen LogP contribution >= 0.6 is 23.1 Å². The lowest BCUT2D eigenvalue weighted by molar-refractivity contribution is 0.235. The second-order valence-corrected chi connectivity index (χ2v) is 9.00. The molecular weight excluding hydrogens is 336 g/mol. The Bertz CT molecular complexity index is 731. The number of hydrogen-bond acceptors (Lipinski definition) is 5. The molecule has 24 heavy (non-hydrogen) atoms. The first kappa shape index (κ1) is 16.2. The van der Waals surface area contributed by atoms with Crippen LogP contribution in [0.5, 0.6) is 0 Å². The van der Waals surface area contributed by atoms with Crippen LogP contribution in [0, 0.1) is 29.1 Å². The molecular formula is C18H22N4S2. The molecule has 0 N–H and O–H groups in total. The van der Waals surface area contributed by atoms with Crippen LogP contribution in [0.2, 0.25) is 0 Å². The number of thioether (sulfide) groups is 1. The monoisotopic (exact) mass is 358 g/mol. The molecule has 4 nitrogen and oxygen atoms in total. The molecule has 0 amide bonds. The van der Waals surface area contributed by atoms with Crippen molar-refractivity contribution in [2.24, 2.45) is 17.8 Å². The van der Waals surface area contributed by atoms with Crippen molar-refractivity contribution in [2.45, 2.75) is 50.2 Å². The molecule has 2 aromatic heterocycles. The van der Waals surface area contributed by atoms with E-state index in [0.29, 0.717) is 12.5 Å². The summed E-state index contributed by atoms with van der Waals surface area (Å²) in [5.74, 6) is 4.34. The topological polar surface area (TPSA) is 54.5 Å². The highest BCUT2D eigenvalue weighted by molar-refractivity contribution is 7.99. The standard InChI is InChI=1S/C18H22N4S2/c1-12(15-11-13-5-6-14(15)10-13)22-17(16-4-2-8-23-16)20-21-18(22)24-9-3-7-19/h2,4,8,12-15H,3,5-6,9-11H2,1H3. The van der Waals surface area contributed by atoms with Gasteiger partial charge in [-0.25, -0.2) is 0 Å². The predicted molar refractivity (Wildman–Crippen MR) is 97.9 cm³/mol. The molecule has 0 spiro atoms. The molecule has 4 unspecified atom stereocenters. The van der Waals surface area contributed by atoms with Gasteiger partial charge in [0.25, 0.3) is 0 Å². The predicted octanol–water partition coefficient (Wildman–Crippen LogP) is 5.01. The summed E-state index contributed by atoms with van der Waals surface area (Å²) in [6, 6.07) is 6.85. The summed E-state index contributed by atoms with van der Waals surface area (Å²) in [4.78, 5) is 1.18. The molecule has 0 aliphatic heterocycles. The van der Waals surface area contributed by atoms with E-state index in [2.05, 4.69) is 45.3 Å². The molecule has 0 saturated heterocycles. The smallest absolute Gasteiger partial charge is 0.191 e. The van der Waals surface area contributed by atoms with Crippen molar-refractivity contribution in [3.05, 3.63) is 17.5 Å². The zero-order chi connectivity index (χ0) is 16.5. The average molecular weight is 359 g/mol. The fraction of sp³-hybridized carbons (Fsp3) is 0.611. The lowest BCUT2D eigenvalue weighted by Crippen LogP contribution is -2.23. The summed E-state index contributed by atoms with van der Waals surface area (Å²) in [7, 11) is 0. The summed E-state index contributed by atoms with van der Waals surface area (Å²) in [5, 5.41) is 20.9. The van der Waals surface area contributed by atoms with Gasteiger partial charge in [0.15, 0.2) is 11.0 Å². The van der Waals surface area contributed by atoms with E-state index in [-0.39, 0.29) is 0 Å². The Morgan fingerprint density at radius 1 is 1.42 bits per heavy atom. The number of fused-ring (bicyclic) bond motifs is 2. The van der Waals surface area contributed by atoms with Gasteiger partial charge < -0.3 is 0 Å². The first-order valence-electron chi connectivity index (χ1n) is 8.76. The zero-order valence-corrected chi connectivity index (χ0v) is 15.5. The van der Waals surface area contributed by atoms with E-state index < -0.39 is 0 Å². The van der Waals surface area contributed by atoms with Gasteiger partial charge in [0.05, 0.1) is 10.9 Å². The van der Waals surface area contributed by atoms with Crippen molar-refractivity contribution in [2.75, 3.05) is 5.75 Å². The van der Waals surface area contributed by atoms with Crippen LogP contribution in [0.1, 0.15) is 45.1 Å². The summed E-state index contributed by atoms with van der Waals surface area (Å²) < 4.78 is 2.36. The van der Waals surface area contributed by atoms with Crippen LogP contribution in [0.3, 0.4) is 0 Å². The van der Waals surface area contributed by atoms with E-state index in [9.17, 15) is 0 Å². The Hall–Kier alpha value is -1.32. The van der Waals surface area contributed by atoms with Gasteiger partial charge in [-0.3, -0.25) is 4.57 Å². The molecule has 4 rings (SSSR count). The number of rotatable bonds is 6. The van der Waals surface area contributed by atoms with Crippen LogP contribution in [0.25, 0.3) is 10.7 Å².